The third kappa shape index (κ3) is 4.79. The summed E-state index contributed by atoms with van der Waals surface area (Å²) in [7, 11) is 1.77. The Kier molecular flexibility index (Phi) is 7.20. The molecule has 7 heteroatoms. The highest BCUT2D eigenvalue weighted by Gasteiger charge is 2.38. The van der Waals surface area contributed by atoms with Crippen LogP contribution in [0.5, 0.6) is 0 Å². The van der Waals surface area contributed by atoms with Crippen molar-refractivity contribution in [3.05, 3.63) is 29.8 Å². The number of aryl methyl sites for hydroxylation is 1. The minimum Gasteiger partial charge on any atom is -0.352 e. The molecule has 6 nitrogen and oxygen atoms in total. The summed E-state index contributed by atoms with van der Waals surface area (Å²) < 4.78 is 0. The Morgan fingerprint density at radius 2 is 2.04 bits per heavy atom. The van der Waals surface area contributed by atoms with Crippen LogP contribution in [0.15, 0.2) is 29.3 Å². The summed E-state index contributed by atoms with van der Waals surface area (Å²) in [5.41, 5.74) is 2.32. The Labute approximate surface area is 185 Å². The molecule has 2 fully saturated rings. The van der Waals surface area contributed by atoms with E-state index in [0.29, 0.717) is 12.0 Å². The lowest BCUT2D eigenvalue weighted by Gasteiger charge is -2.30. The SMILES string of the molecule is CN=C(NCC(=O)N1CCCc2ccccc21)NC1CN(C2CC2)CC1C.I. The van der Waals surface area contributed by atoms with Gasteiger partial charge in [-0.25, -0.2) is 0 Å². The Bertz CT molecular complexity index is 721. The van der Waals surface area contributed by atoms with Gasteiger partial charge in [0, 0.05) is 44.5 Å². The monoisotopic (exact) mass is 497 g/mol. The first kappa shape index (κ1) is 21.4. The summed E-state index contributed by atoms with van der Waals surface area (Å²) in [5, 5.41) is 6.77. The zero-order chi connectivity index (χ0) is 18.8. The molecule has 0 aromatic heterocycles. The molecule has 1 aromatic rings. The van der Waals surface area contributed by atoms with Crippen molar-refractivity contribution < 1.29 is 4.79 Å². The van der Waals surface area contributed by atoms with Crippen molar-refractivity contribution in [2.45, 2.75) is 44.7 Å². The molecule has 2 unspecified atom stereocenters. The summed E-state index contributed by atoms with van der Waals surface area (Å²) in [6.45, 7) is 5.58. The highest BCUT2D eigenvalue weighted by Crippen LogP contribution is 2.31. The predicted molar refractivity (Wildman–Crippen MR) is 125 cm³/mol. The first-order chi connectivity index (χ1) is 13.2. The lowest BCUT2D eigenvalue weighted by molar-refractivity contribution is -0.117. The van der Waals surface area contributed by atoms with Gasteiger partial charge in [-0.1, -0.05) is 25.1 Å². The van der Waals surface area contributed by atoms with Crippen LogP contribution in [0.4, 0.5) is 5.69 Å². The minimum atomic E-state index is 0. The maximum atomic E-state index is 12.8. The van der Waals surface area contributed by atoms with Crippen LogP contribution in [0.2, 0.25) is 0 Å². The van der Waals surface area contributed by atoms with Gasteiger partial charge in [-0.3, -0.25) is 14.7 Å². The second-order valence-corrected chi connectivity index (χ2v) is 8.12. The number of carbonyl (C=O) groups excluding carboxylic acids is 1. The van der Waals surface area contributed by atoms with Crippen LogP contribution in [-0.2, 0) is 11.2 Å². The summed E-state index contributed by atoms with van der Waals surface area (Å²) in [6, 6.07) is 9.41. The summed E-state index contributed by atoms with van der Waals surface area (Å²) >= 11 is 0. The van der Waals surface area contributed by atoms with Crippen LogP contribution in [-0.4, -0.2) is 62.1 Å². The van der Waals surface area contributed by atoms with Gasteiger partial charge >= 0.3 is 0 Å². The topological polar surface area (TPSA) is 60.0 Å². The average molecular weight is 497 g/mol. The molecule has 4 rings (SSSR count). The zero-order valence-electron chi connectivity index (χ0n) is 16.9. The molecule has 2 heterocycles. The second kappa shape index (κ2) is 9.43. The Hall–Kier alpha value is -1.35. The first-order valence-electron chi connectivity index (χ1n) is 10.2. The highest BCUT2D eigenvalue weighted by molar-refractivity contribution is 14.0. The number of hydrogen-bond donors (Lipinski definition) is 2. The molecule has 1 amide bonds. The molecule has 0 spiro atoms. The first-order valence-corrected chi connectivity index (χ1v) is 10.2. The van der Waals surface area contributed by atoms with E-state index >= 15 is 0 Å². The number of nitrogens with one attached hydrogen (secondary N) is 2. The molecular weight excluding hydrogens is 465 g/mol. The fourth-order valence-corrected chi connectivity index (χ4v) is 4.35. The number of fused-ring (bicyclic) bond motifs is 1. The molecule has 1 saturated carbocycles. The maximum Gasteiger partial charge on any atom is 0.246 e. The molecular formula is C21H32IN5O. The number of para-hydroxylation sites is 1. The van der Waals surface area contributed by atoms with E-state index in [0.717, 1.165) is 50.2 Å². The Balaban J connectivity index is 0.00000225. The lowest BCUT2D eigenvalue weighted by atomic mass is 10.0. The molecule has 2 aliphatic heterocycles. The van der Waals surface area contributed by atoms with Crippen LogP contribution in [0.1, 0.15) is 31.7 Å². The van der Waals surface area contributed by atoms with Gasteiger partial charge in [0.2, 0.25) is 5.91 Å². The van der Waals surface area contributed by atoms with Gasteiger partial charge in [-0.05, 0) is 43.2 Å². The van der Waals surface area contributed by atoms with E-state index in [1.54, 1.807) is 7.05 Å². The van der Waals surface area contributed by atoms with Crippen molar-refractivity contribution in [3.8, 4) is 0 Å². The molecule has 154 valence electrons. The molecule has 0 radical (unpaired) electrons. The van der Waals surface area contributed by atoms with Gasteiger partial charge in [0.25, 0.3) is 0 Å². The number of rotatable bonds is 4. The number of hydrogen-bond acceptors (Lipinski definition) is 3. The fourth-order valence-electron chi connectivity index (χ4n) is 4.35. The quantitative estimate of drug-likeness (QED) is 0.381. The number of carbonyl (C=O) groups is 1. The van der Waals surface area contributed by atoms with Gasteiger partial charge in [-0.2, -0.15) is 0 Å². The zero-order valence-corrected chi connectivity index (χ0v) is 19.2. The van der Waals surface area contributed by atoms with Gasteiger partial charge in [0.15, 0.2) is 5.96 Å². The van der Waals surface area contributed by atoms with Crippen molar-refractivity contribution in [2.24, 2.45) is 10.9 Å². The minimum absolute atomic E-state index is 0. The Morgan fingerprint density at radius 3 is 2.79 bits per heavy atom. The van der Waals surface area contributed by atoms with Crippen molar-refractivity contribution in [1.29, 1.82) is 0 Å². The van der Waals surface area contributed by atoms with Gasteiger partial charge in [0.05, 0.1) is 6.54 Å². The lowest BCUT2D eigenvalue weighted by Crippen LogP contribution is -2.50. The van der Waals surface area contributed by atoms with Crippen LogP contribution < -0.4 is 15.5 Å². The normalized spacial score (nSPS) is 25.1. The van der Waals surface area contributed by atoms with Gasteiger partial charge < -0.3 is 15.5 Å². The number of benzene rings is 1. The second-order valence-electron chi connectivity index (χ2n) is 8.12. The number of halogens is 1. The highest BCUT2D eigenvalue weighted by atomic mass is 127. The van der Waals surface area contributed by atoms with Crippen LogP contribution in [0.3, 0.4) is 0 Å². The van der Waals surface area contributed by atoms with E-state index < -0.39 is 0 Å². The third-order valence-electron chi connectivity index (χ3n) is 6.07. The molecule has 2 N–H and O–H groups in total. The number of amides is 1. The van der Waals surface area contributed by atoms with Crippen molar-refractivity contribution in [1.82, 2.24) is 15.5 Å². The largest absolute Gasteiger partial charge is 0.352 e. The fraction of sp³-hybridized carbons (Fsp3) is 0.619. The molecule has 2 atom stereocenters. The summed E-state index contributed by atoms with van der Waals surface area (Å²) in [5.74, 6) is 1.42. The number of nitrogens with zero attached hydrogens (tertiary/aromatic N) is 3. The van der Waals surface area contributed by atoms with Gasteiger partial charge in [-0.15, -0.1) is 24.0 Å². The third-order valence-corrected chi connectivity index (χ3v) is 6.07. The number of guanidine groups is 1. The van der Waals surface area contributed by atoms with Gasteiger partial charge in [0.1, 0.15) is 0 Å². The van der Waals surface area contributed by atoms with E-state index in [4.69, 9.17) is 0 Å². The molecule has 1 aliphatic carbocycles. The molecule has 1 saturated heterocycles. The maximum absolute atomic E-state index is 12.8. The van der Waals surface area contributed by atoms with E-state index in [1.165, 1.54) is 18.4 Å². The van der Waals surface area contributed by atoms with E-state index in [2.05, 4.69) is 33.5 Å². The van der Waals surface area contributed by atoms with E-state index in [1.807, 2.05) is 23.1 Å². The van der Waals surface area contributed by atoms with Crippen LogP contribution in [0.25, 0.3) is 0 Å². The van der Waals surface area contributed by atoms with Crippen LogP contribution in [0, 0.1) is 5.92 Å². The number of likely N-dealkylation sites (tertiary alicyclic amines) is 1. The average Bonchev–Trinajstić information content (AvgIpc) is 3.48. The smallest absolute Gasteiger partial charge is 0.246 e. The summed E-state index contributed by atoms with van der Waals surface area (Å²) in [4.78, 5) is 21.6. The van der Waals surface area contributed by atoms with Crippen LogP contribution >= 0.6 is 24.0 Å². The van der Waals surface area contributed by atoms with E-state index in [9.17, 15) is 4.79 Å². The standard InChI is InChI=1S/C21H31N5O.HI/c1-15-13-25(17-9-10-17)14-18(15)24-21(22-2)23-12-20(27)26-11-5-7-16-6-3-4-8-19(16)26;/h3-4,6,8,15,17-18H,5,7,9-14H2,1-2H3,(H2,22,23,24);1H. The molecule has 0 bridgehead atoms. The van der Waals surface area contributed by atoms with Crippen molar-refractivity contribution in [3.63, 3.8) is 0 Å². The Morgan fingerprint density at radius 1 is 1.25 bits per heavy atom. The van der Waals surface area contributed by atoms with E-state index in [-0.39, 0.29) is 36.4 Å². The number of anilines is 1. The molecule has 3 aliphatic rings. The summed E-state index contributed by atoms with van der Waals surface area (Å²) in [6.07, 6.45) is 4.76. The number of aliphatic imine (C=N–C) groups is 1. The molecule has 1 aromatic carbocycles. The molecule has 28 heavy (non-hydrogen) atoms. The van der Waals surface area contributed by atoms with Crippen molar-refractivity contribution >= 4 is 41.5 Å². The predicted octanol–water partition coefficient (Wildman–Crippen LogP) is 2.23. The van der Waals surface area contributed by atoms with Crippen molar-refractivity contribution in [2.75, 3.05) is 38.1 Å².